The van der Waals surface area contributed by atoms with Crippen molar-refractivity contribution in [3.8, 4) is 0 Å². The van der Waals surface area contributed by atoms with Gasteiger partial charge in [0.15, 0.2) is 18.9 Å². The molecule has 12 N–H and O–H groups in total. The Balaban J connectivity index is 1.36. The van der Waals surface area contributed by atoms with Gasteiger partial charge in [-0.25, -0.2) is 0 Å². The average molecular weight is 1480 g/mol. The Kier molecular flexibility index (Phi) is 60.8. The monoisotopic (exact) mass is 1480 g/mol. The van der Waals surface area contributed by atoms with Crippen LogP contribution in [0.1, 0.15) is 367 Å². The zero-order valence-electron chi connectivity index (χ0n) is 65.8. The molecule has 612 valence electrons. The van der Waals surface area contributed by atoms with Gasteiger partial charge < -0.3 is 89.9 Å². The van der Waals surface area contributed by atoms with Gasteiger partial charge in [-0.15, -0.1) is 0 Å². The summed E-state index contributed by atoms with van der Waals surface area (Å²) in [4.78, 5) is 13.5. The Hall–Kier alpha value is -1.99. The van der Waals surface area contributed by atoms with E-state index >= 15 is 0 Å². The summed E-state index contributed by atoms with van der Waals surface area (Å²) < 4.78 is 34.5. The molecule has 3 rings (SSSR count). The van der Waals surface area contributed by atoms with Gasteiger partial charge in [-0.1, -0.05) is 352 Å². The van der Waals surface area contributed by atoms with Crippen molar-refractivity contribution >= 4 is 5.91 Å². The summed E-state index contributed by atoms with van der Waals surface area (Å²) in [7, 11) is 0. The van der Waals surface area contributed by atoms with Crippen LogP contribution >= 0.6 is 0 Å². The molecule has 3 heterocycles. The maximum Gasteiger partial charge on any atom is 0.220 e. The Bertz CT molecular complexity index is 2020. The summed E-state index contributed by atoms with van der Waals surface area (Å²) >= 11 is 0. The number of hydrogen-bond acceptors (Lipinski definition) is 18. The molecule has 0 aromatic carbocycles. The molecule has 0 saturated carbocycles. The van der Waals surface area contributed by atoms with E-state index in [2.05, 4.69) is 43.5 Å². The molecule has 17 atom stereocenters. The normalized spacial score (nSPS) is 26.0. The lowest BCUT2D eigenvalue weighted by molar-refractivity contribution is -0.379. The lowest BCUT2D eigenvalue weighted by atomic mass is 9.96. The molecule has 3 saturated heterocycles. The van der Waals surface area contributed by atoms with Crippen LogP contribution in [-0.4, -0.2) is 193 Å². The van der Waals surface area contributed by atoms with Crippen molar-refractivity contribution in [2.24, 2.45) is 0 Å². The number of unbranched alkanes of at least 4 members (excludes halogenated alkanes) is 50. The van der Waals surface area contributed by atoms with E-state index in [9.17, 15) is 61.0 Å². The smallest absolute Gasteiger partial charge is 0.220 e. The zero-order valence-corrected chi connectivity index (χ0v) is 65.8. The summed E-state index contributed by atoms with van der Waals surface area (Å²) in [6, 6.07) is -0.997. The van der Waals surface area contributed by atoms with Gasteiger partial charge in [0.1, 0.15) is 73.2 Å². The van der Waals surface area contributed by atoms with Crippen LogP contribution in [0.25, 0.3) is 0 Å². The molecule has 3 aliphatic heterocycles. The molecule has 19 nitrogen and oxygen atoms in total. The molecular weight excluding hydrogens is 1320 g/mol. The number of hydrogen-bond donors (Lipinski definition) is 12. The van der Waals surface area contributed by atoms with Crippen molar-refractivity contribution in [1.82, 2.24) is 5.32 Å². The first kappa shape index (κ1) is 96.2. The standard InChI is InChI=1S/C85H159NO18/c1-3-5-7-9-11-13-15-17-19-21-23-25-27-29-31-33-34-35-37-39-41-43-45-47-49-51-53-55-57-59-61-63-73(91)86-68(69(90)62-60-58-56-54-52-50-48-46-44-42-40-38-36-32-30-28-26-24-22-20-18-16-14-12-10-8-6-4-2)67-99-83-79(97)76(94)81(71(65-88)101-83)104-85-80(98)77(95)82(72(66-89)102-85)103-84-78(96)75(93)74(92)70(64-87)100-84/h44,46,52,54,60,62,68-72,74-85,87-90,92-98H,3-43,45,47-51,53,55-59,61,63-67H2,1-2H3,(H,86,91)/b46-44+,54-52+,62-60+. The predicted molar refractivity (Wildman–Crippen MR) is 416 cm³/mol. The fraction of sp³-hybridized carbons (Fsp3) is 0.918. The van der Waals surface area contributed by atoms with Gasteiger partial charge in [-0.2, -0.15) is 0 Å². The summed E-state index contributed by atoms with van der Waals surface area (Å²) in [5.41, 5.74) is 0. The number of rotatable bonds is 70. The number of nitrogens with one attached hydrogen (secondary N) is 1. The number of aliphatic hydroxyl groups excluding tert-OH is 11. The number of carbonyl (C=O) groups is 1. The van der Waals surface area contributed by atoms with E-state index in [-0.39, 0.29) is 18.9 Å². The van der Waals surface area contributed by atoms with Crippen LogP contribution < -0.4 is 5.32 Å². The first-order chi connectivity index (χ1) is 50.8. The lowest BCUT2D eigenvalue weighted by Crippen LogP contribution is -2.66. The summed E-state index contributed by atoms with van der Waals surface area (Å²) in [5, 5.41) is 121. The van der Waals surface area contributed by atoms with Gasteiger partial charge >= 0.3 is 0 Å². The molecule has 0 aromatic heterocycles. The Morgan fingerprint density at radius 2 is 0.615 bits per heavy atom. The second-order valence-electron chi connectivity index (χ2n) is 31.0. The minimum Gasteiger partial charge on any atom is -0.394 e. The minimum absolute atomic E-state index is 0.237. The number of ether oxygens (including phenoxy) is 6. The minimum atomic E-state index is -1.98. The van der Waals surface area contributed by atoms with Gasteiger partial charge in [0.2, 0.25) is 5.91 Å². The average Bonchev–Trinajstić information content (AvgIpc) is 0.783. The highest BCUT2D eigenvalue weighted by Gasteiger charge is 2.54. The number of carbonyl (C=O) groups excluding carboxylic acids is 1. The van der Waals surface area contributed by atoms with E-state index in [0.29, 0.717) is 12.8 Å². The largest absolute Gasteiger partial charge is 0.394 e. The number of amides is 1. The van der Waals surface area contributed by atoms with E-state index < -0.39 is 124 Å². The van der Waals surface area contributed by atoms with Crippen LogP contribution in [0.2, 0.25) is 0 Å². The van der Waals surface area contributed by atoms with Gasteiger partial charge in [-0.3, -0.25) is 4.79 Å². The van der Waals surface area contributed by atoms with E-state index in [1.165, 1.54) is 289 Å². The molecule has 17 unspecified atom stereocenters. The number of aliphatic hydroxyl groups is 11. The highest BCUT2D eigenvalue weighted by atomic mass is 16.8. The number of allylic oxidation sites excluding steroid dienone is 5. The first-order valence-electron chi connectivity index (χ1n) is 43.2. The van der Waals surface area contributed by atoms with Crippen molar-refractivity contribution in [2.45, 2.75) is 471 Å². The van der Waals surface area contributed by atoms with Crippen molar-refractivity contribution in [3.05, 3.63) is 36.5 Å². The second-order valence-corrected chi connectivity index (χ2v) is 31.0. The Morgan fingerprint density at radius 1 is 0.337 bits per heavy atom. The quantitative estimate of drug-likeness (QED) is 0.0199. The maximum absolute atomic E-state index is 13.5. The fourth-order valence-electron chi connectivity index (χ4n) is 14.8. The lowest BCUT2D eigenvalue weighted by Gasteiger charge is -2.48. The molecule has 104 heavy (non-hydrogen) atoms. The van der Waals surface area contributed by atoms with Crippen LogP contribution in [0.15, 0.2) is 36.5 Å². The molecule has 0 aliphatic carbocycles. The molecule has 0 bridgehead atoms. The third-order valence-corrected chi connectivity index (χ3v) is 21.7. The van der Waals surface area contributed by atoms with Crippen LogP contribution in [0.5, 0.6) is 0 Å². The van der Waals surface area contributed by atoms with Gasteiger partial charge in [0, 0.05) is 6.42 Å². The maximum atomic E-state index is 13.5. The van der Waals surface area contributed by atoms with Crippen molar-refractivity contribution in [1.29, 1.82) is 0 Å². The third kappa shape index (κ3) is 44.8. The molecule has 19 heteroatoms. The predicted octanol–water partition coefficient (Wildman–Crippen LogP) is 15.5. The van der Waals surface area contributed by atoms with Crippen molar-refractivity contribution < 1.29 is 89.4 Å². The second kappa shape index (κ2) is 65.7. The highest BCUT2D eigenvalue weighted by Crippen LogP contribution is 2.33. The first-order valence-corrected chi connectivity index (χ1v) is 43.2. The molecule has 3 aliphatic rings. The zero-order chi connectivity index (χ0) is 75.3. The molecule has 0 aromatic rings. The van der Waals surface area contributed by atoms with Gasteiger partial charge in [-0.05, 0) is 44.9 Å². The summed E-state index contributed by atoms with van der Waals surface area (Å²) in [6.45, 7) is 1.78. The van der Waals surface area contributed by atoms with E-state index in [1.54, 1.807) is 6.08 Å². The molecule has 3 fully saturated rings. The summed E-state index contributed by atoms with van der Waals surface area (Å²) in [6.07, 6.45) is 55.9. The molecule has 0 spiro atoms. The van der Waals surface area contributed by atoms with E-state index in [4.69, 9.17) is 28.4 Å². The van der Waals surface area contributed by atoms with Gasteiger partial charge in [0.05, 0.1) is 38.6 Å². The third-order valence-electron chi connectivity index (χ3n) is 21.7. The van der Waals surface area contributed by atoms with Crippen LogP contribution in [0, 0.1) is 0 Å². The van der Waals surface area contributed by atoms with Crippen molar-refractivity contribution in [2.75, 3.05) is 26.4 Å². The Labute approximate surface area is 631 Å². The topological polar surface area (TPSA) is 307 Å². The van der Waals surface area contributed by atoms with Crippen LogP contribution in [0.4, 0.5) is 0 Å². The van der Waals surface area contributed by atoms with Crippen molar-refractivity contribution in [3.63, 3.8) is 0 Å². The fourth-order valence-corrected chi connectivity index (χ4v) is 14.8. The molecule has 0 radical (unpaired) electrons. The SMILES string of the molecule is CCCCCCCCCCCCCCCCCCCC/C=C/CC/C=C/CC/C=C/C(O)C(COC1OC(CO)C(OC2OC(CO)C(OC3OC(CO)C(O)C(O)C3O)C(O)C2O)C(O)C1O)NC(=O)CCCCCCCCCCCCCCCCCCCCCCCCCCCCCCCCC. The van der Waals surface area contributed by atoms with E-state index in [0.717, 1.165) is 44.9 Å². The summed E-state index contributed by atoms with van der Waals surface area (Å²) in [5.74, 6) is -0.282. The molecule has 1 amide bonds. The van der Waals surface area contributed by atoms with E-state index in [1.807, 2.05) is 6.08 Å². The molecular formula is C85H159NO18. The van der Waals surface area contributed by atoms with Crippen LogP contribution in [0.3, 0.4) is 0 Å². The Morgan fingerprint density at radius 3 is 0.962 bits per heavy atom. The van der Waals surface area contributed by atoms with Crippen LogP contribution in [-0.2, 0) is 33.2 Å². The van der Waals surface area contributed by atoms with Gasteiger partial charge in [0.25, 0.3) is 0 Å². The highest BCUT2D eigenvalue weighted by molar-refractivity contribution is 5.76.